The SMILES string of the molecule is Cc1ccc2ncc3c(c2c1)C(=O)c1ccccc1-3. The van der Waals surface area contributed by atoms with Gasteiger partial charge in [0.2, 0.25) is 0 Å². The maximum atomic E-state index is 12.6. The minimum Gasteiger partial charge on any atom is -0.289 e. The smallest absolute Gasteiger partial charge is 0.195 e. The number of carbonyl (C=O) groups is 1. The van der Waals surface area contributed by atoms with Crippen molar-refractivity contribution in [3.8, 4) is 11.1 Å². The van der Waals surface area contributed by atoms with Crippen molar-refractivity contribution < 1.29 is 4.79 Å². The molecule has 1 aromatic heterocycles. The minimum absolute atomic E-state index is 0.114. The summed E-state index contributed by atoms with van der Waals surface area (Å²) in [5.74, 6) is 0.114. The van der Waals surface area contributed by atoms with Gasteiger partial charge >= 0.3 is 0 Å². The first kappa shape index (κ1) is 10.4. The molecule has 0 saturated heterocycles. The zero-order valence-electron chi connectivity index (χ0n) is 10.5. The van der Waals surface area contributed by atoms with Crippen LogP contribution in [-0.4, -0.2) is 10.8 Å². The average Bonchev–Trinajstić information content (AvgIpc) is 2.73. The lowest BCUT2D eigenvalue weighted by Crippen LogP contribution is -1.97. The molecule has 4 rings (SSSR count). The Balaban J connectivity index is 2.17. The summed E-state index contributed by atoms with van der Waals surface area (Å²) < 4.78 is 0. The summed E-state index contributed by atoms with van der Waals surface area (Å²) in [6.07, 6.45) is 1.82. The topological polar surface area (TPSA) is 30.0 Å². The highest BCUT2D eigenvalue weighted by atomic mass is 16.1. The third-order valence-corrected chi connectivity index (χ3v) is 3.71. The van der Waals surface area contributed by atoms with Crippen molar-refractivity contribution in [3.63, 3.8) is 0 Å². The van der Waals surface area contributed by atoms with E-state index in [1.165, 1.54) is 0 Å². The summed E-state index contributed by atoms with van der Waals surface area (Å²) >= 11 is 0. The minimum atomic E-state index is 0.114. The summed E-state index contributed by atoms with van der Waals surface area (Å²) in [7, 11) is 0. The first-order valence-corrected chi connectivity index (χ1v) is 6.29. The van der Waals surface area contributed by atoms with Crippen LogP contribution < -0.4 is 0 Å². The molecular weight excluding hydrogens is 234 g/mol. The van der Waals surface area contributed by atoms with Crippen LogP contribution >= 0.6 is 0 Å². The number of carbonyl (C=O) groups excluding carboxylic acids is 1. The molecular formula is C17H11NO. The number of ketones is 1. The molecule has 1 heterocycles. The van der Waals surface area contributed by atoms with Crippen LogP contribution in [0.1, 0.15) is 21.5 Å². The van der Waals surface area contributed by atoms with E-state index in [4.69, 9.17) is 0 Å². The van der Waals surface area contributed by atoms with E-state index in [0.29, 0.717) is 0 Å². The van der Waals surface area contributed by atoms with Crippen molar-refractivity contribution in [2.75, 3.05) is 0 Å². The van der Waals surface area contributed by atoms with Crippen molar-refractivity contribution in [2.24, 2.45) is 0 Å². The Labute approximate surface area is 110 Å². The van der Waals surface area contributed by atoms with Crippen molar-refractivity contribution in [2.45, 2.75) is 6.92 Å². The van der Waals surface area contributed by atoms with Crippen molar-refractivity contribution >= 4 is 16.7 Å². The highest BCUT2D eigenvalue weighted by Gasteiger charge is 2.28. The van der Waals surface area contributed by atoms with E-state index < -0.39 is 0 Å². The van der Waals surface area contributed by atoms with Gasteiger partial charge in [0.1, 0.15) is 0 Å². The van der Waals surface area contributed by atoms with Crippen LogP contribution in [0.3, 0.4) is 0 Å². The molecule has 3 aromatic rings. The Bertz CT molecular complexity index is 849. The number of aromatic nitrogens is 1. The van der Waals surface area contributed by atoms with E-state index in [9.17, 15) is 4.79 Å². The van der Waals surface area contributed by atoms with E-state index in [1.54, 1.807) is 0 Å². The third kappa shape index (κ3) is 1.31. The van der Waals surface area contributed by atoms with E-state index in [0.717, 1.165) is 38.7 Å². The van der Waals surface area contributed by atoms with Crippen molar-refractivity contribution in [1.82, 2.24) is 4.98 Å². The fourth-order valence-electron chi connectivity index (χ4n) is 2.81. The van der Waals surface area contributed by atoms with Gasteiger partial charge in [0, 0.05) is 28.3 Å². The second-order valence-electron chi connectivity index (χ2n) is 4.94. The highest BCUT2D eigenvalue weighted by Crippen LogP contribution is 2.39. The Hall–Kier alpha value is -2.48. The van der Waals surface area contributed by atoms with Gasteiger partial charge in [-0.1, -0.05) is 35.9 Å². The monoisotopic (exact) mass is 245 g/mol. The quantitative estimate of drug-likeness (QED) is 0.472. The van der Waals surface area contributed by atoms with Crippen molar-refractivity contribution in [3.05, 3.63) is 65.4 Å². The first-order chi connectivity index (χ1) is 9.25. The van der Waals surface area contributed by atoms with Gasteiger partial charge in [0.05, 0.1) is 5.52 Å². The highest BCUT2D eigenvalue weighted by molar-refractivity contribution is 6.26. The summed E-state index contributed by atoms with van der Waals surface area (Å²) in [6.45, 7) is 2.03. The van der Waals surface area contributed by atoms with Crippen LogP contribution in [-0.2, 0) is 0 Å². The van der Waals surface area contributed by atoms with Gasteiger partial charge in [-0.25, -0.2) is 0 Å². The number of rotatable bonds is 0. The lowest BCUT2D eigenvalue weighted by molar-refractivity contribution is 0.104. The van der Waals surface area contributed by atoms with E-state index in [-0.39, 0.29) is 5.78 Å². The summed E-state index contributed by atoms with van der Waals surface area (Å²) in [5.41, 5.74) is 5.57. The largest absolute Gasteiger partial charge is 0.289 e. The average molecular weight is 245 g/mol. The molecule has 2 nitrogen and oxygen atoms in total. The van der Waals surface area contributed by atoms with Gasteiger partial charge in [0.15, 0.2) is 5.78 Å². The lowest BCUT2D eigenvalue weighted by atomic mass is 10.0. The van der Waals surface area contributed by atoms with Gasteiger partial charge in [-0.05, 0) is 24.6 Å². The standard InChI is InChI=1S/C17H11NO/c1-10-6-7-15-13(8-10)16-14(9-18-15)11-4-2-3-5-12(11)17(16)19/h2-9H,1H3. The summed E-state index contributed by atoms with van der Waals surface area (Å²) in [4.78, 5) is 17.1. The zero-order valence-corrected chi connectivity index (χ0v) is 10.5. The van der Waals surface area contributed by atoms with Crippen LogP contribution in [0.15, 0.2) is 48.7 Å². The van der Waals surface area contributed by atoms with Crippen LogP contribution in [0.4, 0.5) is 0 Å². The number of pyridine rings is 1. The molecule has 0 atom stereocenters. The molecule has 0 spiro atoms. The second-order valence-corrected chi connectivity index (χ2v) is 4.94. The third-order valence-electron chi connectivity index (χ3n) is 3.71. The normalized spacial score (nSPS) is 12.6. The zero-order chi connectivity index (χ0) is 13.0. The van der Waals surface area contributed by atoms with E-state index >= 15 is 0 Å². The molecule has 0 aliphatic heterocycles. The molecule has 19 heavy (non-hydrogen) atoms. The molecule has 0 saturated carbocycles. The molecule has 1 aliphatic rings. The Morgan fingerprint density at radius 3 is 2.58 bits per heavy atom. The molecule has 0 fully saturated rings. The Kier molecular flexibility index (Phi) is 1.93. The molecule has 2 aromatic carbocycles. The first-order valence-electron chi connectivity index (χ1n) is 6.29. The molecule has 0 unspecified atom stereocenters. The molecule has 0 amide bonds. The molecule has 1 aliphatic carbocycles. The van der Waals surface area contributed by atoms with E-state index in [2.05, 4.69) is 4.98 Å². The van der Waals surface area contributed by atoms with E-state index in [1.807, 2.05) is 55.6 Å². The van der Waals surface area contributed by atoms with Gasteiger partial charge in [-0.15, -0.1) is 0 Å². The fourth-order valence-corrected chi connectivity index (χ4v) is 2.81. The number of fused-ring (bicyclic) bond motifs is 5. The predicted octanol–water partition coefficient (Wildman–Crippen LogP) is 3.75. The fraction of sp³-hybridized carbons (Fsp3) is 0.0588. The van der Waals surface area contributed by atoms with Crippen LogP contribution in [0.2, 0.25) is 0 Å². The number of hydrogen-bond donors (Lipinski definition) is 0. The maximum Gasteiger partial charge on any atom is 0.195 e. The summed E-state index contributed by atoms with van der Waals surface area (Å²) in [6, 6.07) is 13.8. The second kappa shape index (κ2) is 3.51. The van der Waals surface area contributed by atoms with Crippen LogP contribution in [0, 0.1) is 6.92 Å². The number of hydrogen-bond acceptors (Lipinski definition) is 2. The van der Waals surface area contributed by atoms with Crippen LogP contribution in [0.25, 0.3) is 22.0 Å². The molecule has 0 radical (unpaired) electrons. The van der Waals surface area contributed by atoms with Gasteiger partial charge in [-0.3, -0.25) is 9.78 Å². The molecule has 0 N–H and O–H groups in total. The molecule has 2 heteroatoms. The van der Waals surface area contributed by atoms with Gasteiger partial charge in [0.25, 0.3) is 0 Å². The van der Waals surface area contributed by atoms with Crippen molar-refractivity contribution in [1.29, 1.82) is 0 Å². The van der Waals surface area contributed by atoms with Crippen LogP contribution in [0.5, 0.6) is 0 Å². The van der Waals surface area contributed by atoms with Gasteiger partial charge in [-0.2, -0.15) is 0 Å². The maximum absolute atomic E-state index is 12.6. The Morgan fingerprint density at radius 2 is 1.74 bits per heavy atom. The molecule has 0 bridgehead atoms. The number of nitrogens with zero attached hydrogens (tertiary/aromatic N) is 1. The summed E-state index contributed by atoms with van der Waals surface area (Å²) in [5, 5.41) is 0.957. The molecule has 90 valence electrons. The lowest BCUT2D eigenvalue weighted by Gasteiger charge is -2.04. The van der Waals surface area contributed by atoms with Gasteiger partial charge < -0.3 is 0 Å². The predicted molar refractivity (Wildman–Crippen MR) is 75.3 cm³/mol. The number of aryl methyl sites for hydroxylation is 1. The Morgan fingerprint density at radius 1 is 0.947 bits per heavy atom. The number of benzene rings is 2.